The van der Waals surface area contributed by atoms with Gasteiger partial charge in [-0.1, -0.05) is 40.5 Å². The van der Waals surface area contributed by atoms with Crippen molar-refractivity contribution in [2.45, 2.75) is 6.54 Å². The van der Waals surface area contributed by atoms with E-state index in [1.54, 1.807) is 25.3 Å². The Labute approximate surface area is 153 Å². The maximum atomic E-state index is 12.1. The largest absolute Gasteiger partial charge is 0.496 e. The third-order valence-electron chi connectivity index (χ3n) is 3.40. The molecule has 0 radical (unpaired) electrons. The Morgan fingerprint density at radius 3 is 2.76 bits per heavy atom. The van der Waals surface area contributed by atoms with Crippen LogP contribution in [0.5, 0.6) is 5.75 Å². The summed E-state index contributed by atoms with van der Waals surface area (Å²) in [7, 11) is 1.57. The van der Waals surface area contributed by atoms with Crippen LogP contribution in [-0.2, 0) is 6.54 Å². The van der Waals surface area contributed by atoms with E-state index in [1.807, 2.05) is 18.2 Å². The molecule has 3 rings (SSSR count). The summed E-state index contributed by atoms with van der Waals surface area (Å²) in [4.78, 5) is 16.4. The Morgan fingerprint density at radius 2 is 2.00 bits per heavy atom. The van der Waals surface area contributed by atoms with Crippen LogP contribution in [-0.4, -0.2) is 23.2 Å². The Balaban J connectivity index is 1.69. The van der Waals surface area contributed by atoms with E-state index in [4.69, 9.17) is 32.5 Å². The number of rotatable bonds is 5. The van der Waals surface area contributed by atoms with Gasteiger partial charge in [0, 0.05) is 5.56 Å². The minimum atomic E-state index is -0.324. The molecule has 3 aromatic rings. The Kier molecular flexibility index (Phi) is 5.21. The minimum Gasteiger partial charge on any atom is -0.496 e. The molecule has 1 heterocycles. The third-order valence-corrected chi connectivity index (χ3v) is 4.14. The van der Waals surface area contributed by atoms with Crippen LogP contribution >= 0.6 is 23.2 Å². The van der Waals surface area contributed by atoms with Gasteiger partial charge in [0.05, 0.1) is 29.3 Å². The molecule has 8 heteroatoms. The number of nitrogens with one attached hydrogen (secondary N) is 1. The first-order valence-corrected chi connectivity index (χ1v) is 8.03. The molecule has 1 N–H and O–H groups in total. The minimum absolute atomic E-state index is 0.0846. The van der Waals surface area contributed by atoms with Crippen LogP contribution in [0.1, 0.15) is 16.2 Å². The molecule has 25 heavy (non-hydrogen) atoms. The number of aromatic nitrogens is 2. The molecular weight excluding hydrogens is 365 g/mol. The highest BCUT2D eigenvalue weighted by Gasteiger charge is 2.14. The highest BCUT2D eigenvalue weighted by molar-refractivity contribution is 6.42. The van der Waals surface area contributed by atoms with E-state index in [9.17, 15) is 4.79 Å². The summed E-state index contributed by atoms with van der Waals surface area (Å²) in [5.74, 6) is 0.968. The van der Waals surface area contributed by atoms with Crippen molar-refractivity contribution < 1.29 is 14.1 Å². The number of nitrogens with zero attached hydrogens (tertiary/aromatic N) is 2. The zero-order valence-electron chi connectivity index (χ0n) is 13.1. The molecular formula is C17H13Cl2N3O3. The van der Waals surface area contributed by atoms with Gasteiger partial charge >= 0.3 is 0 Å². The van der Waals surface area contributed by atoms with Gasteiger partial charge in [-0.2, -0.15) is 4.98 Å². The lowest BCUT2D eigenvalue weighted by molar-refractivity contribution is 0.0946. The first-order valence-electron chi connectivity index (χ1n) is 7.27. The zero-order chi connectivity index (χ0) is 17.8. The van der Waals surface area contributed by atoms with E-state index in [-0.39, 0.29) is 18.3 Å². The summed E-state index contributed by atoms with van der Waals surface area (Å²) in [5.41, 5.74) is 1.09. The van der Waals surface area contributed by atoms with Gasteiger partial charge in [0.2, 0.25) is 11.7 Å². The number of para-hydroxylation sites is 1. The van der Waals surface area contributed by atoms with E-state index in [1.165, 1.54) is 6.07 Å². The van der Waals surface area contributed by atoms with Crippen LogP contribution in [0.15, 0.2) is 47.0 Å². The van der Waals surface area contributed by atoms with Gasteiger partial charge in [0.15, 0.2) is 0 Å². The molecule has 6 nitrogen and oxygen atoms in total. The van der Waals surface area contributed by atoms with Gasteiger partial charge in [0.25, 0.3) is 5.91 Å². The van der Waals surface area contributed by atoms with Crippen molar-refractivity contribution in [2.75, 3.05) is 7.11 Å². The van der Waals surface area contributed by atoms with Crippen molar-refractivity contribution in [1.29, 1.82) is 0 Å². The molecule has 128 valence electrons. The Morgan fingerprint density at radius 1 is 1.20 bits per heavy atom. The molecule has 0 fully saturated rings. The standard InChI is InChI=1S/C17H13Cl2N3O3/c1-24-14-5-3-2-4-11(14)16-21-15(25-22-16)9-20-17(23)10-6-7-12(18)13(19)8-10/h2-8H,9H2,1H3,(H,20,23). The molecule has 0 atom stereocenters. The highest BCUT2D eigenvalue weighted by atomic mass is 35.5. The summed E-state index contributed by atoms with van der Waals surface area (Å²) in [6, 6.07) is 12.0. The Hall–Kier alpha value is -2.57. The number of ether oxygens (including phenoxy) is 1. The van der Waals surface area contributed by atoms with Gasteiger partial charge in [-0.25, -0.2) is 0 Å². The lowest BCUT2D eigenvalue weighted by Crippen LogP contribution is -2.22. The van der Waals surface area contributed by atoms with Gasteiger partial charge in [-0.05, 0) is 30.3 Å². The molecule has 1 aromatic heterocycles. The van der Waals surface area contributed by atoms with Crippen molar-refractivity contribution in [3.05, 3.63) is 64.0 Å². The molecule has 1 amide bonds. The number of benzene rings is 2. The third kappa shape index (κ3) is 3.92. The van der Waals surface area contributed by atoms with E-state index in [0.717, 1.165) is 0 Å². The summed E-state index contributed by atoms with van der Waals surface area (Å²) < 4.78 is 10.4. The average molecular weight is 378 g/mol. The van der Waals surface area contributed by atoms with Crippen molar-refractivity contribution in [2.24, 2.45) is 0 Å². The van der Waals surface area contributed by atoms with Crippen molar-refractivity contribution in [3.8, 4) is 17.1 Å². The topological polar surface area (TPSA) is 77.3 Å². The maximum Gasteiger partial charge on any atom is 0.251 e. The first kappa shape index (κ1) is 17.3. The lowest BCUT2D eigenvalue weighted by Gasteiger charge is -2.04. The monoisotopic (exact) mass is 377 g/mol. The maximum absolute atomic E-state index is 12.1. The van der Waals surface area contributed by atoms with Crippen molar-refractivity contribution in [1.82, 2.24) is 15.5 Å². The second kappa shape index (κ2) is 7.55. The number of amides is 1. The summed E-state index contributed by atoms with van der Waals surface area (Å²) in [6.45, 7) is 0.0846. The van der Waals surface area contributed by atoms with Crippen LogP contribution in [0, 0.1) is 0 Å². The second-order valence-electron chi connectivity index (χ2n) is 5.02. The first-order chi connectivity index (χ1) is 12.1. The van der Waals surface area contributed by atoms with Gasteiger partial charge < -0.3 is 14.6 Å². The summed E-state index contributed by atoms with van der Waals surface area (Å²) in [6.07, 6.45) is 0. The zero-order valence-corrected chi connectivity index (χ0v) is 14.6. The number of methoxy groups -OCH3 is 1. The number of hydrogen-bond acceptors (Lipinski definition) is 5. The second-order valence-corrected chi connectivity index (χ2v) is 5.84. The molecule has 0 unspecified atom stereocenters. The van der Waals surface area contributed by atoms with Crippen LogP contribution in [0.2, 0.25) is 10.0 Å². The summed E-state index contributed by atoms with van der Waals surface area (Å²) >= 11 is 11.7. The molecule has 0 aliphatic carbocycles. The average Bonchev–Trinajstić information content (AvgIpc) is 3.10. The molecule has 2 aromatic carbocycles. The molecule has 0 aliphatic rings. The number of hydrogen-bond donors (Lipinski definition) is 1. The van der Waals surface area contributed by atoms with Gasteiger partial charge in [0.1, 0.15) is 5.75 Å². The fourth-order valence-electron chi connectivity index (χ4n) is 2.16. The SMILES string of the molecule is COc1ccccc1-c1noc(CNC(=O)c2ccc(Cl)c(Cl)c2)n1. The molecule has 0 spiro atoms. The van der Waals surface area contributed by atoms with E-state index < -0.39 is 0 Å². The van der Waals surface area contributed by atoms with Crippen molar-refractivity contribution >= 4 is 29.1 Å². The van der Waals surface area contributed by atoms with Crippen molar-refractivity contribution in [3.63, 3.8) is 0 Å². The van der Waals surface area contributed by atoms with E-state index >= 15 is 0 Å². The number of carbonyl (C=O) groups is 1. The normalized spacial score (nSPS) is 10.5. The van der Waals surface area contributed by atoms with Crippen LogP contribution in [0.3, 0.4) is 0 Å². The number of halogens is 2. The molecule has 0 saturated heterocycles. The molecule has 0 bridgehead atoms. The Bertz CT molecular complexity index is 912. The molecule has 0 saturated carbocycles. The number of carbonyl (C=O) groups excluding carboxylic acids is 1. The van der Waals surface area contributed by atoms with E-state index in [2.05, 4.69) is 15.5 Å². The van der Waals surface area contributed by atoms with Crippen LogP contribution < -0.4 is 10.1 Å². The quantitative estimate of drug-likeness (QED) is 0.727. The van der Waals surface area contributed by atoms with Gasteiger partial charge in [-0.15, -0.1) is 0 Å². The smallest absolute Gasteiger partial charge is 0.251 e. The van der Waals surface area contributed by atoms with Crippen LogP contribution in [0.25, 0.3) is 11.4 Å². The fourth-order valence-corrected chi connectivity index (χ4v) is 2.46. The fraction of sp³-hybridized carbons (Fsp3) is 0.118. The van der Waals surface area contributed by atoms with Crippen LogP contribution in [0.4, 0.5) is 0 Å². The van der Waals surface area contributed by atoms with E-state index in [0.29, 0.717) is 32.7 Å². The highest BCUT2D eigenvalue weighted by Crippen LogP contribution is 2.27. The van der Waals surface area contributed by atoms with Gasteiger partial charge in [-0.3, -0.25) is 4.79 Å². The predicted molar refractivity (Wildman–Crippen MR) is 93.9 cm³/mol. The molecule has 0 aliphatic heterocycles. The predicted octanol–water partition coefficient (Wildman–Crippen LogP) is 3.98. The summed E-state index contributed by atoms with van der Waals surface area (Å²) in [5, 5.41) is 7.30. The lowest BCUT2D eigenvalue weighted by atomic mass is 10.2.